The fraction of sp³-hybridized carbons (Fsp3) is 0.226. The Morgan fingerprint density at radius 1 is 0.611 bits per heavy atom. The van der Waals surface area contributed by atoms with E-state index >= 15 is 0 Å². The van der Waals surface area contributed by atoms with Gasteiger partial charge in [0.2, 0.25) is 0 Å². The summed E-state index contributed by atoms with van der Waals surface area (Å²) in [5.41, 5.74) is 4.05. The summed E-state index contributed by atoms with van der Waals surface area (Å²) in [6, 6.07) is 33.9. The second kappa shape index (κ2) is 8.34. The Balaban J connectivity index is 1.66. The lowest BCUT2D eigenvalue weighted by atomic mass is 9.62. The third-order valence-electron chi connectivity index (χ3n) is 7.91. The molecule has 4 aromatic rings. The van der Waals surface area contributed by atoms with Gasteiger partial charge in [-0.3, -0.25) is 0 Å². The van der Waals surface area contributed by atoms with E-state index in [1.165, 1.54) is 11.1 Å². The highest BCUT2D eigenvalue weighted by Crippen LogP contribution is 2.55. The maximum atomic E-state index is 6.53. The van der Waals surface area contributed by atoms with E-state index in [4.69, 9.17) is 14.0 Å². The average Bonchev–Trinajstić information content (AvgIpc) is 3.10. The highest BCUT2D eigenvalue weighted by Gasteiger charge is 2.53. The quantitative estimate of drug-likeness (QED) is 0.227. The van der Waals surface area contributed by atoms with Crippen molar-refractivity contribution in [2.24, 2.45) is 0 Å². The van der Waals surface area contributed by atoms with Gasteiger partial charge in [0.1, 0.15) is 11.5 Å². The Morgan fingerprint density at radius 2 is 1.11 bits per heavy atom. The molecule has 2 aliphatic heterocycles. The molecule has 36 heavy (non-hydrogen) atoms. The minimum absolute atomic E-state index is 0.419. The van der Waals surface area contributed by atoms with Crippen molar-refractivity contribution < 1.29 is 14.0 Å². The van der Waals surface area contributed by atoms with Crippen LogP contribution < -0.4 is 10.2 Å². The van der Waals surface area contributed by atoms with Gasteiger partial charge in [-0.05, 0) is 68.6 Å². The van der Waals surface area contributed by atoms with Crippen molar-refractivity contribution in [2.75, 3.05) is 0 Å². The molecular formula is C31H28BBrO3. The molecule has 0 N–H and O–H groups in total. The molecule has 1 saturated heterocycles. The molecule has 0 radical (unpaired) electrons. The third-order valence-corrected chi connectivity index (χ3v) is 8.41. The molecular weight excluding hydrogens is 511 g/mol. The molecule has 0 aliphatic carbocycles. The van der Waals surface area contributed by atoms with Gasteiger partial charge >= 0.3 is 7.12 Å². The number of ether oxygens (including phenoxy) is 1. The number of halogens is 1. The lowest BCUT2D eigenvalue weighted by Gasteiger charge is -2.42. The first-order valence-corrected chi connectivity index (χ1v) is 13.1. The Morgan fingerprint density at radius 3 is 1.67 bits per heavy atom. The van der Waals surface area contributed by atoms with Crippen LogP contribution in [-0.4, -0.2) is 18.3 Å². The Labute approximate surface area is 221 Å². The molecule has 6 rings (SSSR count). The van der Waals surface area contributed by atoms with Crippen molar-refractivity contribution >= 4 is 28.5 Å². The van der Waals surface area contributed by atoms with Gasteiger partial charge in [0, 0.05) is 15.6 Å². The first-order chi connectivity index (χ1) is 17.2. The average molecular weight is 539 g/mol. The minimum atomic E-state index is -0.588. The molecule has 0 saturated carbocycles. The van der Waals surface area contributed by atoms with E-state index in [2.05, 4.69) is 129 Å². The van der Waals surface area contributed by atoms with Crippen LogP contribution in [0.4, 0.5) is 0 Å². The predicted molar refractivity (Wildman–Crippen MR) is 148 cm³/mol. The summed E-state index contributed by atoms with van der Waals surface area (Å²) in [6.45, 7) is 8.34. The van der Waals surface area contributed by atoms with E-state index < -0.39 is 23.7 Å². The smallest absolute Gasteiger partial charge is 0.457 e. The number of hydrogen-bond donors (Lipinski definition) is 0. The van der Waals surface area contributed by atoms with Gasteiger partial charge in [-0.25, -0.2) is 0 Å². The van der Waals surface area contributed by atoms with Crippen molar-refractivity contribution in [3.63, 3.8) is 0 Å². The Bertz CT molecular complexity index is 1380. The largest absolute Gasteiger partial charge is 0.494 e. The summed E-state index contributed by atoms with van der Waals surface area (Å²) >= 11 is 3.72. The van der Waals surface area contributed by atoms with E-state index in [0.29, 0.717) is 0 Å². The zero-order valence-electron chi connectivity index (χ0n) is 20.9. The Kier molecular flexibility index (Phi) is 5.45. The molecule has 5 heteroatoms. The van der Waals surface area contributed by atoms with Crippen LogP contribution in [0, 0.1) is 0 Å². The van der Waals surface area contributed by atoms with Gasteiger partial charge in [-0.15, -0.1) is 0 Å². The molecule has 180 valence electrons. The highest BCUT2D eigenvalue weighted by atomic mass is 79.9. The van der Waals surface area contributed by atoms with Crippen molar-refractivity contribution in [1.29, 1.82) is 0 Å². The van der Waals surface area contributed by atoms with Crippen molar-refractivity contribution in [3.05, 3.63) is 124 Å². The molecule has 1 fully saturated rings. The molecule has 0 amide bonds. The molecule has 2 aliphatic rings. The van der Waals surface area contributed by atoms with Crippen molar-refractivity contribution in [2.45, 2.75) is 44.3 Å². The van der Waals surface area contributed by atoms with Gasteiger partial charge in [0.25, 0.3) is 0 Å². The van der Waals surface area contributed by atoms with Crippen LogP contribution in [-0.2, 0) is 14.7 Å². The molecule has 0 bridgehead atoms. The van der Waals surface area contributed by atoms with Gasteiger partial charge in [0.05, 0.1) is 16.6 Å². The summed E-state index contributed by atoms with van der Waals surface area (Å²) in [4.78, 5) is 0. The van der Waals surface area contributed by atoms with E-state index in [-0.39, 0.29) is 0 Å². The molecule has 0 aromatic heterocycles. The van der Waals surface area contributed by atoms with E-state index in [9.17, 15) is 0 Å². The van der Waals surface area contributed by atoms with Crippen LogP contribution in [0.2, 0.25) is 0 Å². The van der Waals surface area contributed by atoms with Crippen LogP contribution in [0.3, 0.4) is 0 Å². The fourth-order valence-corrected chi connectivity index (χ4v) is 5.73. The second-order valence-electron chi connectivity index (χ2n) is 10.6. The predicted octanol–water partition coefficient (Wildman–Crippen LogP) is 7.24. The van der Waals surface area contributed by atoms with Gasteiger partial charge < -0.3 is 14.0 Å². The standard InChI is InChI=1S/C31H28BBrO3/c1-29(2)30(3,4)36-32(35-29)23-15-17-27-25(19-23)31(21-11-7-5-8-12-21,22-13-9-6-10-14-22)26-20-24(33)16-18-28(26)34-27/h5-20H,1-4H3. The van der Waals surface area contributed by atoms with E-state index in [0.717, 1.165) is 32.6 Å². The maximum Gasteiger partial charge on any atom is 0.494 e. The summed E-state index contributed by atoms with van der Waals surface area (Å²) < 4.78 is 20.4. The fourth-order valence-electron chi connectivity index (χ4n) is 5.37. The van der Waals surface area contributed by atoms with Crippen LogP contribution in [0.25, 0.3) is 0 Å². The third kappa shape index (κ3) is 3.48. The molecule has 0 spiro atoms. The SMILES string of the molecule is CC1(C)OB(c2ccc3c(c2)C(c2ccccc2)(c2ccccc2)c2cc(Br)ccc2O3)OC1(C)C. The number of hydrogen-bond acceptors (Lipinski definition) is 3. The summed E-state index contributed by atoms with van der Waals surface area (Å²) in [7, 11) is -0.464. The van der Waals surface area contributed by atoms with Crippen molar-refractivity contribution in [3.8, 4) is 11.5 Å². The van der Waals surface area contributed by atoms with E-state index in [1.54, 1.807) is 0 Å². The zero-order valence-corrected chi connectivity index (χ0v) is 22.5. The highest BCUT2D eigenvalue weighted by molar-refractivity contribution is 9.10. The number of rotatable bonds is 3. The monoisotopic (exact) mass is 538 g/mol. The van der Waals surface area contributed by atoms with Gasteiger partial charge in [-0.1, -0.05) is 88.7 Å². The molecule has 3 nitrogen and oxygen atoms in total. The summed E-state index contributed by atoms with van der Waals surface area (Å²) in [6.07, 6.45) is 0. The second-order valence-corrected chi connectivity index (χ2v) is 11.5. The topological polar surface area (TPSA) is 27.7 Å². The van der Waals surface area contributed by atoms with Gasteiger partial charge in [0.15, 0.2) is 0 Å². The normalized spacial score (nSPS) is 18.8. The molecule has 4 aromatic carbocycles. The zero-order chi connectivity index (χ0) is 25.1. The van der Waals surface area contributed by atoms with Crippen LogP contribution in [0.15, 0.2) is 102 Å². The van der Waals surface area contributed by atoms with E-state index in [1.807, 2.05) is 12.1 Å². The molecule has 0 unspecified atom stereocenters. The lowest BCUT2D eigenvalue weighted by Crippen LogP contribution is -2.41. The maximum absolute atomic E-state index is 6.53. The van der Waals surface area contributed by atoms with Crippen LogP contribution >= 0.6 is 15.9 Å². The number of fused-ring (bicyclic) bond motifs is 2. The van der Waals surface area contributed by atoms with Gasteiger partial charge in [-0.2, -0.15) is 0 Å². The first kappa shape index (κ1) is 23.5. The first-order valence-electron chi connectivity index (χ1n) is 12.3. The van der Waals surface area contributed by atoms with Crippen LogP contribution in [0.1, 0.15) is 49.9 Å². The Hall–Kier alpha value is -2.86. The summed E-state index contributed by atoms with van der Waals surface area (Å²) in [5, 5.41) is 0. The molecule has 0 atom stereocenters. The molecule has 2 heterocycles. The lowest BCUT2D eigenvalue weighted by molar-refractivity contribution is 0.00578. The van der Waals surface area contributed by atoms with Crippen molar-refractivity contribution in [1.82, 2.24) is 0 Å². The summed E-state index contributed by atoms with van der Waals surface area (Å²) in [5.74, 6) is 1.68. The van der Waals surface area contributed by atoms with Crippen LogP contribution in [0.5, 0.6) is 11.5 Å². The minimum Gasteiger partial charge on any atom is -0.457 e. The number of benzene rings is 4.